The molecule has 0 aliphatic carbocycles. The number of ether oxygens (including phenoxy) is 2. The van der Waals surface area contributed by atoms with Crippen LogP contribution in [0.2, 0.25) is 0 Å². The highest BCUT2D eigenvalue weighted by atomic mass is 32.2. The molecule has 2 rings (SSSR count). The van der Waals surface area contributed by atoms with Gasteiger partial charge in [-0.15, -0.1) is 0 Å². The fraction of sp³-hybridized carbons (Fsp3) is 0.571. The van der Waals surface area contributed by atoms with Gasteiger partial charge in [0.05, 0.1) is 20.0 Å². The zero-order chi connectivity index (χ0) is 21.4. The summed E-state index contributed by atoms with van der Waals surface area (Å²) in [5, 5.41) is 0. The molecule has 0 radical (unpaired) electrons. The Morgan fingerprint density at radius 2 is 2.07 bits per heavy atom. The number of sulfonamides is 1. The summed E-state index contributed by atoms with van der Waals surface area (Å²) in [6.07, 6.45) is 7.10. The first kappa shape index (κ1) is 23.2. The molecular formula is C21H32N2O5S. The van der Waals surface area contributed by atoms with E-state index in [9.17, 15) is 13.2 Å². The molecule has 1 aromatic carbocycles. The molecule has 1 heterocycles. The molecule has 162 valence electrons. The van der Waals surface area contributed by atoms with Crippen molar-refractivity contribution in [1.29, 1.82) is 0 Å². The smallest absolute Gasteiger partial charge is 0.246 e. The minimum atomic E-state index is -3.28. The highest BCUT2D eigenvalue weighted by molar-refractivity contribution is 7.88. The third-order valence-electron chi connectivity index (χ3n) is 4.67. The Labute approximate surface area is 174 Å². The fourth-order valence-corrected chi connectivity index (χ4v) is 3.67. The van der Waals surface area contributed by atoms with Crippen LogP contribution in [0.15, 0.2) is 24.3 Å². The molecule has 7 nitrogen and oxygen atoms in total. The molecule has 1 aromatic rings. The predicted molar refractivity (Wildman–Crippen MR) is 115 cm³/mol. The highest BCUT2D eigenvalue weighted by Gasteiger charge is 2.26. The zero-order valence-electron chi connectivity index (χ0n) is 17.7. The van der Waals surface area contributed by atoms with Gasteiger partial charge in [0.25, 0.3) is 0 Å². The second-order valence-electron chi connectivity index (χ2n) is 7.75. The van der Waals surface area contributed by atoms with Crippen LogP contribution in [0.3, 0.4) is 0 Å². The van der Waals surface area contributed by atoms with Crippen molar-refractivity contribution in [3.8, 4) is 11.5 Å². The summed E-state index contributed by atoms with van der Waals surface area (Å²) in [7, 11) is -1.70. The van der Waals surface area contributed by atoms with Gasteiger partial charge in [0.15, 0.2) is 11.5 Å². The van der Waals surface area contributed by atoms with Crippen molar-refractivity contribution >= 4 is 22.0 Å². The number of piperidine rings is 1. The van der Waals surface area contributed by atoms with Gasteiger partial charge in [-0.1, -0.05) is 19.9 Å². The SMILES string of the molecule is COc1cc(/C=C/C(=O)N2CCCCC2CNS(C)(=O)=O)ccc1OCC(C)C. The number of nitrogens with zero attached hydrogens (tertiary/aromatic N) is 1. The van der Waals surface area contributed by atoms with Crippen LogP contribution >= 0.6 is 0 Å². The Balaban J connectivity index is 2.06. The summed E-state index contributed by atoms with van der Waals surface area (Å²) >= 11 is 0. The minimum Gasteiger partial charge on any atom is -0.493 e. The van der Waals surface area contributed by atoms with Crippen LogP contribution < -0.4 is 14.2 Å². The summed E-state index contributed by atoms with van der Waals surface area (Å²) < 4.78 is 36.4. The van der Waals surface area contributed by atoms with Gasteiger partial charge < -0.3 is 14.4 Å². The molecule has 0 bridgehead atoms. The van der Waals surface area contributed by atoms with E-state index in [1.54, 1.807) is 18.1 Å². The van der Waals surface area contributed by atoms with E-state index in [4.69, 9.17) is 9.47 Å². The average Bonchev–Trinajstić information content (AvgIpc) is 2.68. The molecule has 1 amide bonds. The van der Waals surface area contributed by atoms with Crippen molar-refractivity contribution < 1.29 is 22.7 Å². The number of benzene rings is 1. The maximum absolute atomic E-state index is 12.7. The summed E-state index contributed by atoms with van der Waals surface area (Å²) in [5.74, 6) is 1.58. The third kappa shape index (κ3) is 7.70. The predicted octanol–water partition coefficient (Wildman–Crippen LogP) is 2.67. The summed E-state index contributed by atoms with van der Waals surface area (Å²) in [6, 6.07) is 5.42. The van der Waals surface area contributed by atoms with Crippen molar-refractivity contribution in [2.24, 2.45) is 5.92 Å². The molecule has 29 heavy (non-hydrogen) atoms. The van der Waals surface area contributed by atoms with E-state index in [0.717, 1.165) is 31.1 Å². The summed E-state index contributed by atoms with van der Waals surface area (Å²) in [5.41, 5.74) is 0.829. The first-order valence-corrected chi connectivity index (χ1v) is 11.8. The normalized spacial score (nSPS) is 17.7. The lowest BCUT2D eigenvalue weighted by Crippen LogP contribution is -2.48. The van der Waals surface area contributed by atoms with E-state index in [1.165, 1.54) is 6.08 Å². The van der Waals surface area contributed by atoms with Gasteiger partial charge in [-0.25, -0.2) is 13.1 Å². The first-order valence-electron chi connectivity index (χ1n) is 9.93. The number of carbonyl (C=O) groups is 1. The van der Waals surface area contributed by atoms with Gasteiger partial charge in [-0.05, 0) is 49.0 Å². The van der Waals surface area contributed by atoms with Crippen molar-refractivity contribution in [1.82, 2.24) is 9.62 Å². The minimum absolute atomic E-state index is 0.121. The third-order valence-corrected chi connectivity index (χ3v) is 5.36. The number of likely N-dealkylation sites (tertiary alicyclic amines) is 1. The number of rotatable bonds is 9. The number of nitrogens with one attached hydrogen (secondary N) is 1. The van der Waals surface area contributed by atoms with Gasteiger partial charge in [0.2, 0.25) is 15.9 Å². The lowest BCUT2D eigenvalue weighted by molar-refractivity contribution is -0.129. The van der Waals surface area contributed by atoms with Crippen LogP contribution in [0.4, 0.5) is 0 Å². The molecule has 1 N–H and O–H groups in total. The lowest BCUT2D eigenvalue weighted by atomic mass is 10.0. The van der Waals surface area contributed by atoms with Gasteiger partial charge in [0, 0.05) is 25.2 Å². The number of hydrogen-bond donors (Lipinski definition) is 1. The van der Waals surface area contributed by atoms with Crippen LogP contribution in [-0.4, -0.2) is 58.3 Å². The van der Waals surface area contributed by atoms with Gasteiger partial charge in [0.1, 0.15) is 0 Å². The monoisotopic (exact) mass is 424 g/mol. The van der Waals surface area contributed by atoms with Crippen LogP contribution in [0.1, 0.15) is 38.7 Å². The average molecular weight is 425 g/mol. The van der Waals surface area contributed by atoms with E-state index >= 15 is 0 Å². The van der Waals surface area contributed by atoms with Crippen molar-refractivity contribution in [2.45, 2.75) is 39.2 Å². The lowest BCUT2D eigenvalue weighted by Gasteiger charge is -2.35. The Morgan fingerprint density at radius 1 is 1.31 bits per heavy atom. The van der Waals surface area contributed by atoms with E-state index < -0.39 is 10.0 Å². The molecule has 1 unspecified atom stereocenters. The molecule has 0 saturated carbocycles. The van der Waals surface area contributed by atoms with E-state index in [-0.39, 0.29) is 18.5 Å². The number of hydrogen-bond acceptors (Lipinski definition) is 5. The van der Waals surface area contributed by atoms with Gasteiger partial charge >= 0.3 is 0 Å². The Kier molecular flexibility index (Phi) is 8.52. The molecule has 1 saturated heterocycles. The van der Waals surface area contributed by atoms with Gasteiger partial charge in [-0.3, -0.25) is 4.79 Å². The maximum Gasteiger partial charge on any atom is 0.246 e. The maximum atomic E-state index is 12.7. The van der Waals surface area contributed by atoms with Gasteiger partial charge in [-0.2, -0.15) is 0 Å². The molecule has 0 aromatic heterocycles. The van der Waals surface area contributed by atoms with E-state index in [2.05, 4.69) is 18.6 Å². The van der Waals surface area contributed by atoms with E-state index in [1.807, 2.05) is 18.2 Å². The summed E-state index contributed by atoms with van der Waals surface area (Å²) in [6.45, 7) is 5.63. The Morgan fingerprint density at radius 3 is 2.72 bits per heavy atom. The molecule has 0 spiro atoms. The van der Waals surface area contributed by atoms with Crippen molar-refractivity contribution in [2.75, 3.05) is 33.1 Å². The van der Waals surface area contributed by atoms with E-state index in [0.29, 0.717) is 30.6 Å². The molecule has 1 aliphatic heterocycles. The molecule has 1 atom stereocenters. The topological polar surface area (TPSA) is 84.9 Å². The number of amides is 1. The van der Waals surface area contributed by atoms with Crippen molar-refractivity contribution in [3.63, 3.8) is 0 Å². The van der Waals surface area contributed by atoms with Crippen LogP contribution in [-0.2, 0) is 14.8 Å². The Hall–Kier alpha value is -2.06. The first-order chi connectivity index (χ1) is 13.7. The number of methoxy groups -OCH3 is 1. The fourth-order valence-electron chi connectivity index (χ4n) is 3.18. The molecular weight excluding hydrogens is 392 g/mol. The molecule has 1 fully saturated rings. The second kappa shape index (κ2) is 10.6. The largest absolute Gasteiger partial charge is 0.493 e. The quantitative estimate of drug-likeness (QED) is 0.616. The summed E-state index contributed by atoms with van der Waals surface area (Å²) in [4.78, 5) is 14.5. The standard InChI is InChI=1S/C21H32N2O5S/c1-16(2)15-28-19-10-8-17(13-20(19)27-3)9-11-21(24)23-12-6-5-7-18(23)14-22-29(4,25)26/h8-11,13,16,18,22H,5-7,12,14-15H2,1-4H3/b11-9+. The highest BCUT2D eigenvalue weighted by Crippen LogP contribution is 2.29. The zero-order valence-corrected chi connectivity index (χ0v) is 18.5. The van der Waals surface area contributed by atoms with Crippen LogP contribution in [0.25, 0.3) is 6.08 Å². The molecule has 8 heteroatoms. The van der Waals surface area contributed by atoms with Crippen LogP contribution in [0, 0.1) is 5.92 Å². The van der Waals surface area contributed by atoms with Crippen LogP contribution in [0.5, 0.6) is 11.5 Å². The molecule has 1 aliphatic rings. The second-order valence-corrected chi connectivity index (χ2v) is 9.58. The number of carbonyl (C=O) groups excluding carboxylic acids is 1. The Bertz CT molecular complexity index is 820. The van der Waals surface area contributed by atoms with Crippen molar-refractivity contribution in [3.05, 3.63) is 29.8 Å².